The van der Waals surface area contributed by atoms with Crippen molar-refractivity contribution in [3.63, 3.8) is 0 Å². The molecule has 1 saturated heterocycles. The molecule has 94 valence electrons. The first-order valence-electron chi connectivity index (χ1n) is 5.84. The maximum atomic E-state index is 11.4. The fourth-order valence-corrected chi connectivity index (χ4v) is 2.51. The average molecular weight is 258 g/mol. The van der Waals surface area contributed by atoms with E-state index in [4.69, 9.17) is 16.7 Å². The standard InChI is InChI=1S/C11H16ClN3O2/c12-9-10(13-7-14-11(9)17)15-5-2-1-3-8(15)4-6-16/h7-8,16H,1-6H2,(H,13,14,17). The minimum atomic E-state index is -0.315. The van der Waals surface area contributed by atoms with Gasteiger partial charge in [0.2, 0.25) is 0 Å². The highest BCUT2D eigenvalue weighted by Gasteiger charge is 2.25. The van der Waals surface area contributed by atoms with Crippen molar-refractivity contribution >= 4 is 17.4 Å². The van der Waals surface area contributed by atoms with Gasteiger partial charge in [-0.15, -0.1) is 0 Å². The fraction of sp³-hybridized carbons (Fsp3) is 0.636. The van der Waals surface area contributed by atoms with Crippen LogP contribution in [0.25, 0.3) is 0 Å². The topological polar surface area (TPSA) is 69.2 Å². The summed E-state index contributed by atoms with van der Waals surface area (Å²) >= 11 is 5.98. The van der Waals surface area contributed by atoms with Crippen LogP contribution in [-0.2, 0) is 0 Å². The normalized spacial score (nSPS) is 20.6. The maximum absolute atomic E-state index is 11.4. The van der Waals surface area contributed by atoms with E-state index in [0.29, 0.717) is 12.2 Å². The van der Waals surface area contributed by atoms with Gasteiger partial charge in [0.25, 0.3) is 5.56 Å². The van der Waals surface area contributed by atoms with Gasteiger partial charge in [0, 0.05) is 19.2 Å². The lowest BCUT2D eigenvalue weighted by atomic mass is 10.00. The van der Waals surface area contributed by atoms with Gasteiger partial charge in [0.05, 0.1) is 6.33 Å². The average Bonchev–Trinajstić information content (AvgIpc) is 2.34. The number of H-pyrrole nitrogens is 1. The first-order chi connectivity index (χ1) is 8.24. The lowest BCUT2D eigenvalue weighted by Gasteiger charge is -2.36. The zero-order valence-corrected chi connectivity index (χ0v) is 10.3. The second-order valence-electron chi connectivity index (χ2n) is 4.22. The molecule has 5 nitrogen and oxygen atoms in total. The van der Waals surface area contributed by atoms with Gasteiger partial charge < -0.3 is 15.0 Å². The summed E-state index contributed by atoms with van der Waals surface area (Å²) in [6.45, 7) is 0.975. The lowest BCUT2D eigenvalue weighted by Crippen LogP contribution is -2.41. The molecular formula is C11H16ClN3O2. The second kappa shape index (κ2) is 5.51. The van der Waals surface area contributed by atoms with Gasteiger partial charge in [-0.05, 0) is 25.7 Å². The molecule has 0 spiro atoms. The summed E-state index contributed by atoms with van der Waals surface area (Å²) in [5, 5.41) is 9.20. The number of halogens is 1. The van der Waals surface area contributed by atoms with E-state index in [1.54, 1.807) is 0 Å². The number of nitrogens with one attached hydrogen (secondary N) is 1. The monoisotopic (exact) mass is 257 g/mol. The van der Waals surface area contributed by atoms with Gasteiger partial charge in [-0.3, -0.25) is 4.79 Å². The molecule has 0 saturated carbocycles. The van der Waals surface area contributed by atoms with Crippen LogP contribution in [0.1, 0.15) is 25.7 Å². The van der Waals surface area contributed by atoms with Crippen molar-refractivity contribution in [2.75, 3.05) is 18.1 Å². The van der Waals surface area contributed by atoms with Gasteiger partial charge in [-0.25, -0.2) is 4.98 Å². The molecule has 2 rings (SSSR count). The smallest absolute Gasteiger partial charge is 0.271 e. The van der Waals surface area contributed by atoms with E-state index in [-0.39, 0.29) is 23.2 Å². The SMILES string of the molecule is O=c1[nH]cnc(N2CCCCC2CCO)c1Cl. The molecule has 0 radical (unpaired) electrons. The number of aromatic nitrogens is 2. The zero-order chi connectivity index (χ0) is 12.3. The van der Waals surface area contributed by atoms with Crippen LogP contribution in [0.2, 0.25) is 5.02 Å². The van der Waals surface area contributed by atoms with Gasteiger partial charge in [-0.1, -0.05) is 11.6 Å². The zero-order valence-electron chi connectivity index (χ0n) is 9.53. The summed E-state index contributed by atoms with van der Waals surface area (Å²) < 4.78 is 0. The van der Waals surface area contributed by atoms with Crippen molar-refractivity contribution in [3.05, 3.63) is 21.7 Å². The van der Waals surface area contributed by atoms with Crippen LogP contribution in [-0.4, -0.2) is 34.3 Å². The number of hydrogen-bond acceptors (Lipinski definition) is 4. The number of rotatable bonds is 3. The lowest BCUT2D eigenvalue weighted by molar-refractivity contribution is 0.262. The third-order valence-electron chi connectivity index (χ3n) is 3.14. The highest BCUT2D eigenvalue weighted by Crippen LogP contribution is 2.27. The summed E-state index contributed by atoms with van der Waals surface area (Å²) in [5.74, 6) is 0.536. The third-order valence-corrected chi connectivity index (χ3v) is 3.48. The molecule has 1 aliphatic heterocycles. The largest absolute Gasteiger partial charge is 0.396 e. The summed E-state index contributed by atoms with van der Waals surface area (Å²) in [7, 11) is 0. The Morgan fingerprint density at radius 2 is 2.41 bits per heavy atom. The van der Waals surface area contributed by atoms with Crippen molar-refractivity contribution in [3.8, 4) is 0 Å². The Morgan fingerprint density at radius 1 is 1.59 bits per heavy atom. The number of aliphatic hydroxyl groups excluding tert-OH is 1. The molecule has 1 atom stereocenters. The summed E-state index contributed by atoms with van der Waals surface area (Å²) in [6, 6.07) is 0.223. The maximum Gasteiger partial charge on any atom is 0.271 e. The molecule has 17 heavy (non-hydrogen) atoms. The van der Waals surface area contributed by atoms with E-state index in [1.807, 2.05) is 4.90 Å². The molecule has 0 amide bonds. The quantitative estimate of drug-likeness (QED) is 0.853. The van der Waals surface area contributed by atoms with Crippen LogP contribution in [0.3, 0.4) is 0 Å². The van der Waals surface area contributed by atoms with E-state index in [9.17, 15) is 4.79 Å². The van der Waals surface area contributed by atoms with Crippen molar-refractivity contribution < 1.29 is 5.11 Å². The molecule has 2 N–H and O–H groups in total. The summed E-state index contributed by atoms with van der Waals surface area (Å²) in [4.78, 5) is 20.1. The molecular weight excluding hydrogens is 242 g/mol. The summed E-state index contributed by atoms with van der Waals surface area (Å²) in [5.41, 5.74) is -0.315. The number of hydrogen-bond donors (Lipinski definition) is 2. The number of aliphatic hydroxyl groups is 1. The molecule has 1 unspecified atom stereocenters. The summed E-state index contributed by atoms with van der Waals surface area (Å²) in [6.07, 6.45) is 5.26. The highest BCUT2D eigenvalue weighted by atomic mass is 35.5. The Labute approximate surface area is 104 Å². The van der Waals surface area contributed by atoms with Gasteiger partial charge in [-0.2, -0.15) is 0 Å². The van der Waals surface area contributed by atoms with E-state index in [0.717, 1.165) is 25.8 Å². The fourth-order valence-electron chi connectivity index (χ4n) is 2.30. The minimum absolute atomic E-state index is 0.136. The van der Waals surface area contributed by atoms with Crippen molar-refractivity contribution in [2.24, 2.45) is 0 Å². The van der Waals surface area contributed by atoms with E-state index in [1.165, 1.54) is 6.33 Å². The number of anilines is 1. The first kappa shape index (κ1) is 12.4. The Kier molecular flexibility index (Phi) is 4.02. The van der Waals surface area contributed by atoms with Gasteiger partial charge in [0.15, 0.2) is 5.82 Å². The van der Waals surface area contributed by atoms with Crippen LogP contribution < -0.4 is 10.5 Å². The predicted molar refractivity (Wildman–Crippen MR) is 66.6 cm³/mol. The van der Waals surface area contributed by atoms with Crippen molar-refractivity contribution in [2.45, 2.75) is 31.7 Å². The molecule has 6 heteroatoms. The van der Waals surface area contributed by atoms with E-state index in [2.05, 4.69) is 9.97 Å². The van der Waals surface area contributed by atoms with Crippen LogP contribution in [0.4, 0.5) is 5.82 Å². The van der Waals surface area contributed by atoms with Gasteiger partial charge in [0.1, 0.15) is 5.02 Å². The predicted octanol–water partition coefficient (Wildman–Crippen LogP) is 1.16. The number of aromatic amines is 1. The van der Waals surface area contributed by atoms with Gasteiger partial charge >= 0.3 is 0 Å². The van der Waals surface area contributed by atoms with E-state index < -0.39 is 0 Å². The van der Waals surface area contributed by atoms with Crippen molar-refractivity contribution in [1.82, 2.24) is 9.97 Å². The third kappa shape index (κ3) is 2.61. The molecule has 2 heterocycles. The molecule has 1 aromatic rings. The van der Waals surface area contributed by atoms with Crippen LogP contribution in [0, 0.1) is 0 Å². The Morgan fingerprint density at radius 3 is 3.18 bits per heavy atom. The highest BCUT2D eigenvalue weighted by molar-refractivity contribution is 6.32. The van der Waals surface area contributed by atoms with Crippen molar-refractivity contribution in [1.29, 1.82) is 0 Å². The molecule has 0 aromatic carbocycles. The molecule has 0 bridgehead atoms. The Hall–Kier alpha value is -1.07. The molecule has 1 fully saturated rings. The van der Waals surface area contributed by atoms with Crippen LogP contribution >= 0.6 is 11.6 Å². The second-order valence-corrected chi connectivity index (χ2v) is 4.60. The van der Waals surface area contributed by atoms with E-state index >= 15 is 0 Å². The Balaban J connectivity index is 2.29. The Bertz CT molecular complexity index is 433. The molecule has 0 aliphatic carbocycles. The number of nitrogens with zero attached hydrogens (tertiary/aromatic N) is 2. The first-order valence-corrected chi connectivity index (χ1v) is 6.22. The minimum Gasteiger partial charge on any atom is -0.396 e. The molecule has 1 aliphatic rings. The number of piperidine rings is 1. The molecule has 1 aromatic heterocycles. The van der Waals surface area contributed by atoms with Crippen LogP contribution in [0.15, 0.2) is 11.1 Å². The van der Waals surface area contributed by atoms with Crippen LogP contribution in [0.5, 0.6) is 0 Å².